The van der Waals surface area contributed by atoms with Crippen LogP contribution in [0, 0.1) is 5.41 Å². The van der Waals surface area contributed by atoms with Crippen LogP contribution in [0.4, 0.5) is 0 Å². The lowest BCUT2D eigenvalue weighted by atomic mass is 10.1. The first-order chi connectivity index (χ1) is 5.36. The van der Waals surface area contributed by atoms with Gasteiger partial charge in [-0.1, -0.05) is 6.92 Å². The molecular formula is C9H12N2. The minimum Gasteiger partial charge on any atom is -0.362 e. The lowest BCUT2D eigenvalue weighted by Gasteiger charge is -2.08. The number of rotatable bonds is 2. The van der Waals surface area contributed by atoms with E-state index in [0.717, 1.165) is 12.1 Å². The smallest absolute Gasteiger partial charge is 0.0397 e. The number of dihydropyridines is 1. The Morgan fingerprint density at radius 1 is 1.64 bits per heavy atom. The highest BCUT2D eigenvalue weighted by Crippen LogP contribution is 2.09. The van der Waals surface area contributed by atoms with Gasteiger partial charge in [-0.25, -0.2) is 0 Å². The van der Waals surface area contributed by atoms with Crippen molar-refractivity contribution in [2.24, 2.45) is 0 Å². The largest absolute Gasteiger partial charge is 0.362 e. The number of hydrogen-bond acceptors (Lipinski definition) is 2. The second-order valence-corrected chi connectivity index (χ2v) is 2.34. The predicted octanol–water partition coefficient (Wildman–Crippen LogP) is 1.97. The highest BCUT2D eigenvalue weighted by atomic mass is 14.8. The summed E-state index contributed by atoms with van der Waals surface area (Å²) in [4.78, 5) is 0. The van der Waals surface area contributed by atoms with Crippen molar-refractivity contribution in [2.75, 3.05) is 0 Å². The number of hydrogen-bond donors (Lipinski definition) is 2. The molecule has 0 saturated heterocycles. The first-order valence-electron chi connectivity index (χ1n) is 3.71. The summed E-state index contributed by atoms with van der Waals surface area (Å²) in [5.74, 6) is 0. The molecule has 58 valence electrons. The molecule has 0 atom stereocenters. The summed E-state index contributed by atoms with van der Waals surface area (Å²) in [7, 11) is 0. The third kappa shape index (κ3) is 2.08. The lowest BCUT2D eigenvalue weighted by molar-refractivity contribution is 1.04. The maximum absolute atomic E-state index is 6.87. The quantitative estimate of drug-likeness (QED) is 0.577. The summed E-state index contributed by atoms with van der Waals surface area (Å²) in [6.07, 6.45) is 10.0. The van der Waals surface area contributed by atoms with E-state index < -0.39 is 0 Å². The SMILES string of the molecule is CCC1=C/C(=C/C=N)NC=C1. The molecule has 0 aromatic rings. The van der Waals surface area contributed by atoms with E-state index in [1.165, 1.54) is 11.8 Å². The van der Waals surface area contributed by atoms with Gasteiger partial charge in [-0.05, 0) is 30.2 Å². The Kier molecular flexibility index (Phi) is 2.66. The summed E-state index contributed by atoms with van der Waals surface area (Å²) in [5.41, 5.74) is 2.27. The van der Waals surface area contributed by atoms with Crippen LogP contribution in [-0.4, -0.2) is 6.21 Å². The van der Waals surface area contributed by atoms with Gasteiger partial charge in [0.25, 0.3) is 0 Å². The molecule has 0 aromatic heterocycles. The molecule has 0 fully saturated rings. The summed E-state index contributed by atoms with van der Waals surface area (Å²) < 4.78 is 0. The molecule has 2 nitrogen and oxygen atoms in total. The van der Waals surface area contributed by atoms with E-state index >= 15 is 0 Å². The van der Waals surface area contributed by atoms with E-state index in [0.29, 0.717) is 0 Å². The van der Waals surface area contributed by atoms with Crippen LogP contribution in [0.5, 0.6) is 0 Å². The van der Waals surface area contributed by atoms with Crippen LogP contribution in [0.15, 0.2) is 35.7 Å². The molecule has 0 aromatic carbocycles. The maximum atomic E-state index is 6.87. The van der Waals surface area contributed by atoms with Crippen LogP contribution in [0.2, 0.25) is 0 Å². The molecule has 2 N–H and O–H groups in total. The van der Waals surface area contributed by atoms with E-state index in [-0.39, 0.29) is 0 Å². The summed E-state index contributed by atoms with van der Waals surface area (Å²) in [6, 6.07) is 0. The zero-order chi connectivity index (χ0) is 8.10. The minimum absolute atomic E-state index is 0.986. The topological polar surface area (TPSA) is 35.9 Å². The fourth-order valence-corrected chi connectivity index (χ4v) is 0.940. The summed E-state index contributed by atoms with van der Waals surface area (Å²) >= 11 is 0. The molecule has 1 rings (SSSR count). The Balaban J connectivity index is 2.76. The molecule has 11 heavy (non-hydrogen) atoms. The van der Waals surface area contributed by atoms with E-state index in [4.69, 9.17) is 5.41 Å². The Hall–Kier alpha value is -1.31. The molecule has 0 spiro atoms. The van der Waals surface area contributed by atoms with Gasteiger partial charge >= 0.3 is 0 Å². The monoisotopic (exact) mass is 148 g/mol. The van der Waals surface area contributed by atoms with Crippen LogP contribution in [-0.2, 0) is 0 Å². The van der Waals surface area contributed by atoms with Crippen LogP contribution in [0.25, 0.3) is 0 Å². The van der Waals surface area contributed by atoms with Gasteiger partial charge in [0.15, 0.2) is 0 Å². The number of nitrogens with one attached hydrogen (secondary N) is 2. The van der Waals surface area contributed by atoms with Gasteiger partial charge in [0.05, 0.1) is 0 Å². The first-order valence-corrected chi connectivity index (χ1v) is 3.71. The Morgan fingerprint density at radius 3 is 3.09 bits per heavy atom. The van der Waals surface area contributed by atoms with Crippen molar-refractivity contribution in [2.45, 2.75) is 13.3 Å². The van der Waals surface area contributed by atoms with Gasteiger partial charge < -0.3 is 10.7 Å². The summed E-state index contributed by atoms with van der Waals surface area (Å²) in [5, 5.41) is 9.90. The van der Waals surface area contributed by atoms with E-state index in [2.05, 4.69) is 12.2 Å². The van der Waals surface area contributed by atoms with Gasteiger partial charge in [0.2, 0.25) is 0 Å². The van der Waals surface area contributed by atoms with Gasteiger partial charge in [0.1, 0.15) is 0 Å². The molecule has 0 unspecified atom stereocenters. The minimum atomic E-state index is 0.986. The van der Waals surface area contributed by atoms with Gasteiger partial charge in [0, 0.05) is 18.1 Å². The Morgan fingerprint density at radius 2 is 2.45 bits per heavy atom. The number of allylic oxidation sites excluding steroid dienone is 4. The van der Waals surface area contributed by atoms with Crippen molar-refractivity contribution >= 4 is 6.21 Å². The third-order valence-corrected chi connectivity index (χ3v) is 1.56. The van der Waals surface area contributed by atoms with Gasteiger partial charge in [-0.3, -0.25) is 0 Å². The molecule has 0 saturated carbocycles. The van der Waals surface area contributed by atoms with Crippen LogP contribution in [0.3, 0.4) is 0 Å². The zero-order valence-electron chi connectivity index (χ0n) is 6.59. The molecule has 0 amide bonds. The average Bonchev–Trinajstić information content (AvgIpc) is 2.06. The molecule has 1 heterocycles. The van der Waals surface area contributed by atoms with E-state index in [1.807, 2.05) is 18.4 Å². The van der Waals surface area contributed by atoms with Crippen molar-refractivity contribution in [3.63, 3.8) is 0 Å². The molecule has 0 bridgehead atoms. The van der Waals surface area contributed by atoms with Crippen molar-refractivity contribution in [3.8, 4) is 0 Å². The van der Waals surface area contributed by atoms with Crippen LogP contribution < -0.4 is 5.32 Å². The Labute approximate surface area is 66.8 Å². The molecule has 0 aliphatic carbocycles. The molecule has 1 aliphatic rings. The lowest BCUT2D eigenvalue weighted by Crippen LogP contribution is -2.06. The van der Waals surface area contributed by atoms with Crippen molar-refractivity contribution in [1.29, 1.82) is 5.41 Å². The standard InChI is InChI=1S/C9H12N2/c1-2-8-4-6-11-9(7-8)3-5-10/h3-7,10-11H,2H2,1H3/b9-3-,10-5?. The Bertz CT molecular complexity index is 234. The second-order valence-electron chi connectivity index (χ2n) is 2.34. The van der Waals surface area contributed by atoms with Crippen molar-refractivity contribution in [1.82, 2.24) is 5.32 Å². The third-order valence-electron chi connectivity index (χ3n) is 1.56. The highest BCUT2D eigenvalue weighted by molar-refractivity contribution is 5.70. The van der Waals surface area contributed by atoms with Crippen LogP contribution in [0.1, 0.15) is 13.3 Å². The molecule has 1 aliphatic heterocycles. The average molecular weight is 148 g/mol. The predicted molar refractivity (Wildman–Crippen MR) is 47.5 cm³/mol. The summed E-state index contributed by atoms with van der Waals surface area (Å²) in [6.45, 7) is 2.11. The maximum Gasteiger partial charge on any atom is 0.0397 e. The normalized spacial score (nSPS) is 19.4. The van der Waals surface area contributed by atoms with Crippen molar-refractivity contribution in [3.05, 3.63) is 35.7 Å². The fraction of sp³-hybridized carbons (Fsp3) is 0.222. The highest BCUT2D eigenvalue weighted by Gasteiger charge is 1.96. The van der Waals surface area contributed by atoms with Gasteiger partial charge in [-0.2, -0.15) is 0 Å². The zero-order valence-corrected chi connectivity index (χ0v) is 6.59. The van der Waals surface area contributed by atoms with Gasteiger partial charge in [-0.15, -0.1) is 0 Å². The first kappa shape index (κ1) is 7.79. The molecule has 2 heteroatoms. The van der Waals surface area contributed by atoms with E-state index in [1.54, 1.807) is 6.08 Å². The second kappa shape index (κ2) is 3.76. The van der Waals surface area contributed by atoms with Crippen molar-refractivity contribution < 1.29 is 0 Å². The molecular weight excluding hydrogens is 136 g/mol. The van der Waals surface area contributed by atoms with Crippen LogP contribution >= 0.6 is 0 Å². The molecule has 0 radical (unpaired) electrons. The fourth-order valence-electron chi connectivity index (χ4n) is 0.940. The van der Waals surface area contributed by atoms with E-state index in [9.17, 15) is 0 Å².